The molecule has 7 heteroatoms. The molecule has 0 aliphatic carbocycles. The Morgan fingerprint density at radius 3 is 2.81 bits per heavy atom. The average Bonchev–Trinajstić information content (AvgIpc) is 2.81. The number of carboxylic acids is 1. The zero-order chi connectivity index (χ0) is 19.1. The van der Waals surface area contributed by atoms with E-state index in [9.17, 15) is 19.8 Å². The Morgan fingerprint density at radius 1 is 1.26 bits per heavy atom. The lowest BCUT2D eigenvalue weighted by molar-refractivity contribution is 0.0691. The highest BCUT2D eigenvalue weighted by Crippen LogP contribution is 2.33. The highest BCUT2D eigenvalue weighted by atomic mass is 16.4. The quantitative estimate of drug-likeness (QED) is 0.487. The van der Waals surface area contributed by atoms with E-state index in [0.717, 1.165) is 42.4 Å². The molecule has 1 aliphatic heterocycles. The van der Waals surface area contributed by atoms with Crippen molar-refractivity contribution >= 4 is 16.9 Å². The van der Waals surface area contributed by atoms with Crippen LogP contribution in [0.4, 0.5) is 0 Å². The Bertz CT molecular complexity index is 1110. The molecule has 1 aromatic carbocycles. The number of aromatic nitrogens is 2. The van der Waals surface area contributed by atoms with Crippen molar-refractivity contribution in [1.29, 1.82) is 0 Å². The number of carbonyl (C=O) groups is 1. The number of hydrogen-bond donors (Lipinski definition) is 5. The molecular weight excluding hydrogens is 346 g/mol. The highest BCUT2D eigenvalue weighted by molar-refractivity contribution is 5.93. The van der Waals surface area contributed by atoms with Crippen LogP contribution in [-0.2, 0) is 19.4 Å². The van der Waals surface area contributed by atoms with Gasteiger partial charge in [-0.2, -0.15) is 0 Å². The van der Waals surface area contributed by atoms with Gasteiger partial charge in [-0.3, -0.25) is 4.79 Å². The molecule has 3 heterocycles. The van der Waals surface area contributed by atoms with E-state index in [1.165, 1.54) is 11.3 Å². The number of aromatic amines is 2. The normalized spacial score (nSPS) is 14.1. The summed E-state index contributed by atoms with van der Waals surface area (Å²) in [7, 11) is 0. The lowest BCUT2D eigenvalue weighted by Gasteiger charge is -2.12. The minimum Gasteiger partial charge on any atom is -0.506 e. The van der Waals surface area contributed by atoms with Crippen LogP contribution in [0.25, 0.3) is 22.2 Å². The second-order valence-corrected chi connectivity index (χ2v) is 6.81. The molecule has 7 nitrogen and oxygen atoms in total. The number of aryl methyl sites for hydroxylation is 1. The van der Waals surface area contributed by atoms with E-state index in [1.54, 1.807) is 0 Å². The fourth-order valence-corrected chi connectivity index (χ4v) is 3.92. The van der Waals surface area contributed by atoms with E-state index in [-0.39, 0.29) is 0 Å². The third-order valence-electron chi connectivity index (χ3n) is 5.22. The predicted molar refractivity (Wildman–Crippen MR) is 102 cm³/mol. The van der Waals surface area contributed by atoms with E-state index < -0.39 is 22.8 Å². The van der Waals surface area contributed by atoms with Crippen LogP contribution in [0.15, 0.2) is 23.0 Å². The fraction of sp³-hybridized carbons (Fsp3) is 0.300. The van der Waals surface area contributed by atoms with Crippen LogP contribution in [0.1, 0.15) is 40.5 Å². The molecule has 140 valence electrons. The largest absolute Gasteiger partial charge is 0.506 e. The van der Waals surface area contributed by atoms with E-state index in [1.807, 2.05) is 25.1 Å². The molecule has 4 rings (SSSR count). The number of aromatic hydroxyl groups is 1. The van der Waals surface area contributed by atoms with E-state index in [2.05, 4.69) is 15.3 Å². The zero-order valence-corrected chi connectivity index (χ0v) is 15.0. The first-order valence-electron chi connectivity index (χ1n) is 9.07. The number of nitrogens with one attached hydrogen (secondary N) is 3. The Hall–Kier alpha value is -3.06. The number of rotatable bonds is 3. The number of aromatic carboxylic acids is 1. The van der Waals surface area contributed by atoms with Crippen molar-refractivity contribution in [2.75, 3.05) is 6.54 Å². The van der Waals surface area contributed by atoms with Crippen LogP contribution in [0, 0.1) is 0 Å². The van der Waals surface area contributed by atoms with E-state index >= 15 is 0 Å². The lowest BCUT2D eigenvalue weighted by Crippen LogP contribution is -2.20. The summed E-state index contributed by atoms with van der Waals surface area (Å²) < 4.78 is 0. The van der Waals surface area contributed by atoms with Crippen LogP contribution in [-0.4, -0.2) is 32.7 Å². The number of H-pyrrole nitrogens is 2. The molecule has 0 unspecified atom stereocenters. The summed E-state index contributed by atoms with van der Waals surface area (Å²) in [6.45, 7) is 3.60. The van der Waals surface area contributed by atoms with Crippen molar-refractivity contribution in [2.45, 2.75) is 32.7 Å². The first-order chi connectivity index (χ1) is 13.0. The summed E-state index contributed by atoms with van der Waals surface area (Å²) >= 11 is 0. The third-order valence-corrected chi connectivity index (χ3v) is 5.22. The van der Waals surface area contributed by atoms with Crippen LogP contribution in [0.2, 0.25) is 0 Å². The Labute approximate surface area is 155 Å². The minimum atomic E-state index is -1.44. The summed E-state index contributed by atoms with van der Waals surface area (Å²) in [6.07, 6.45) is 2.48. The van der Waals surface area contributed by atoms with Gasteiger partial charge in [0.15, 0.2) is 5.56 Å². The number of hydrogen-bond acceptors (Lipinski definition) is 4. The van der Waals surface area contributed by atoms with Crippen LogP contribution in [0.5, 0.6) is 5.75 Å². The van der Waals surface area contributed by atoms with Gasteiger partial charge in [0.25, 0.3) is 5.56 Å². The first kappa shape index (κ1) is 17.4. The third kappa shape index (κ3) is 2.80. The van der Waals surface area contributed by atoms with Gasteiger partial charge in [0.2, 0.25) is 0 Å². The van der Waals surface area contributed by atoms with Crippen LogP contribution >= 0.6 is 0 Å². The molecule has 0 amide bonds. The van der Waals surface area contributed by atoms with E-state index in [4.69, 9.17) is 0 Å². The zero-order valence-electron chi connectivity index (χ0n) is 15.0. The standard InChI is InChI=1S/C20H21N3O4/c1-2-11-17(23-19(25)16(18(11)24)20(26)27)10-5-6-13-12-4-3-7-21-9-15(12)22-14(13)8-10/h5-6,8,21-22H,2-4,7,9H2,1H3,(H,26,27)(H2,23,24,25). The molecule has 0 saturated heterocycles. The van der Waals surface area contributed by atoms with Gasteiger partial charge < -0.3 is 25.5 Å². The van der Waals surface area contributed by atoms with Gasteiger partial charge >= 0.3 is 5.97 Å². The van der Waals surface area contributed by atoms with Crippen LogP contribution in [0.3, 0.4) is 0 Å². The highest BCUT2D eigenvalue weighted by Gasteiger charge is 2.22. The van der Waals surface area contributed by atoms with Gasteiger partial charge in [-0.25, -0.2) is 4.79 Å². The molecule has 3 aromatic rings. The SMILES string of the molecule is CCc1c(-c2ccc3c4c([nH]c3c2)CNCCC4)[nH]c(=O)c(C(=O)O)c1O. The summed E-state index contributed by atoms with van der Waals surface area (Å²) in [6, 6.07) is 5.86. The summed E-state index contributed by atoms with van der Waals surface area (Å²) in [5.41, 5.74) is 3.63. The molecule has 5 N–H and O–H groups in total. The van der Waals surface area contributed by atoms with Crippen molar-refractivity contribution in [3.05, 3.63) is 50.9 Å². The summed E-state index contributed by atoms with van der Waals surface area (Å²) in [5.74, 6) is -1.90. The molecule has 0 saturated carbocycles. The molecular formula is C20H21N3O4. The fourth-order valence-electron chi connectivity index (χ4n) is 3.92. The maximum Gasteiger partial charge on any atom is 0.345 e. The van der Waals surface area contributed by atoms with Crippen LogP contribution < -0.4 is 10.9 Å². The van der Waals surface area contributed by atoms with Gasteiger partial charge in [0.1, 0.15) is 5.75 Å². The summed E-state index contributed by atoms with van der Waals surface area (Å²) in [4.78, 5) is 29.6. The number of pyridine rings is 1. The number of carboxylic acid groups (broad SMARTS) is 1. The smallest absolute Gasteiger partial charge is 0.345 e. The molecule has 27 heavy (non-hydrogen) atoms. The molecule has 0 radical (unpaired) electrons. The predicted octanol–water partition coefficient (Wildman–Crippen LogP) is 2.53. The van der Waals surface area contributed by atoms with Gasteiger partial charge in [-0.05, 0) is 37.4 Å². The minimum absolute atomic E-state index is 0.390. The molecule has 0 fully saturated rings. The number of fused-ring (bicyclic) bond motifs is 3. The molecule has 2 aromatic heterocycles. The van der Waals surface area contributed by atoms with Crippen molar-refractivity contribution < 1.29 is 15.0 Å². The van der Waals surface area contributed by atoms with Crippen molar-refractivity contribution in [3.8, 4) is 17.0 Å². The Balaban J connectivity index is 1.90. The van der Waals surface area contributed by atoms with Gasteiger partial charge in [0, 0.05) is 34.3 Å². The maximum absolute atomic E-state index is 12.2. The first-order valence-corrected chi connectivity index (χ1v) is 9.07. The maximum atomic E-state index is 12.2. The van der Waals surface area contributed by atoms with Crippen molar-refractivity contribution in [3.63, 3.8) is 0 Å². The average molecular weight is 367 g/mol. The molecule has 1 aliphatic rings. The van der Waals surface area contributed by atoms with Crippen molar-refractivity contribution in [1.82, 2.24) is 15.3 Å². The van der Waals surface area contributed by atoms with E-state index in [0.29, 0.717) is 17.7 Å². The lowest BCUT2D eigenvalue weighted by atomic mass is 9.98. The topological polar surface area (TPSA) is 118 Å². The van der Waals surface area contributed by atoms with Gasteiger partial charge in [-0.1, -0.05) is 19.1 Å². The van der Waals surface area contributed by atoms with Crippen molar-refractivity contribution in [2.24, 2.45) is 0 Å². The second kappa shape index (κ2) is 6.59. The Morgan fingerprint density at radius 2 is 2.07 bits per heavy atom. The Kier molecular flexibility index (Phi) is 4.24. The summed E-state index contributed by atoms with van der Waals surface area (Å²) in [5, 5.41) is 24.1. The monoisotopic (exact) mass is 367 g/mol. The number of benzene rings is 1. The molecule has 0 atom stereocenters. The van der Waals surface area contributed by atoms with Gasteiger partial charge in [0.05, 0.1) is 5.69 Å². The van der Waals surface area contributed by atoms with Gasteiger partial charge in [-0.15, -0.1) is 0 Å². The second-order valence-electron chi connectivity index (χ2n) is 6.81. The molecule has 0 spiro atoms. The molecule has 0 bridgehead atoms.